The second-order valence-corrected chi connectivity index (χ2v) is 5.52. The number of anilines is 1. The molecule has 0 aliphatic heterocycles. The molecule has 1 aromatic carbocycles. The third-order valence-corrected chi connectivity index (χ3v) is 3.88. The Morgan fingerprint density at radius 3 is 2.84 bits per heavy atom. The summed E-state index contributed by atoms with van der Waals surface area (Å²) in [7, 11) is -2.09. The van der Waals surface area contributed by atoms with Crippen LogP contribution in [0.1, 0.15) is 0 Å². The maximum atomic E-state index is 12.3. The minimum atomic E-state index is -3.78. The molecule has 0 unspecified atom stereocenters. The van der Waals surface area contributed by atoms with E-state index in [9.17, 15) is 8.42 Å². The lowest BCUT2D eigenvalue weighted by molar-refractivity contribution is 0.315. The van der Waals surface area contributed by atoms with Crippen LogP contribution >= 0.6 is 0 Å². The van der Waals surface area contributed by atoms with Gasteiger partial charge in [-0.2, -0.15) is 5.10 Å². The number of hydrogen-bond donors (Lipinski definition) is 1. The molecule has 0 amide bonds. The van der Waals surface area contributed by atoms with Gasteiger partial charge in [0.2, 0.25) is 0 Å². The molecule has 0 saturated heterocycles. The van der Waals surface area contributed by atoms with Crippen LogP contribution < -0.4 is 4.72 Å². The molecule has 3 rings (SSSR count). The molecule has 19 heavy (non-hydrogen) atoms. The van der Waals surface area contributed by atoms with Crippen molar-refractivity contribution in [3.8, 4) is 0 Å². The molecule has 0 saturated carbocycles. The van der Waals surface area contributed by atoms with Gasteiger partial charge in [0, 0.05) is 19.3 Å². The predicted molar refractivity (Wildman–Crippen MR) is 65.8 cm³/mol. The summed E-state index contributed by atoms with van der Waals surface area (Å²) in [4.78, 5) is -0.00287. The van der Waals surface area contributed by atoms with Crippen molar-refractivity contribution in [3.05, 3.63) is 30.5 Å². The lowest BCUT2D eigenvalue weighted by atomic mass is 10.3. The van der Waals surface area contributed by atoms with Gasteiger partial charge in [-0.15, -0.1) is 0 Å². The minimum absolute atomic E-state index is 0.00287. The quantitative estimate of drug-likeness (QED) is 0.759. The number of sulfonamides is 1. The van der Waals surface area contributed by atoms with Crippen LogP contribution in [-0.4, -0.2) is 28.5 Å². The van der Waals surface area contributed by atoms with Crippen LogP contribution in [0.2, 0.25) is 0 Å². The Balaban J connectivity index is 2.07. The average Bonchev–Trinajstić information content (AvgIpc) is 2.96. The van der Waals surface area contributed by atoms with Crippen LogP contribution in [0.5, 0.6) is 0 Å². The summed E-state index contributed by atoms with van der Waals surface area (Å²) in [6.45, 7) is 0. The Kier molecular flexibility index (Phi) is 2.49. The molecule has 0 atom stereocenters. The number of aryl methyl sites for hydroxylation is 1. The standard InChI is InChI=1S/C10H9N5O3S/c1-15-6-5-9(11-15)14-19(16,17)8-4-2-3-7-10(8)13-18-12-7/h2-6H,1H3,(H,11,14). The van der Waals surface area contributed by atoms with Gasteiger partial charge in [0.25, 0.3) is 10.0 Å². The smallest absolute Gasteiger partial charge is 0.265 e. The Labute approximate surface area is 108 Å². The summed E-state index contributed by atoms with van der Waals surface area (Å²) in [6, 6.07) is 6.17. The molecular weight excluding hydrogens is 270 g/mol. The zero-order valence-corrected chi connectivity index (χ0v) is 10.6. The van der Waals surface area contributed by atoms with Gasteiger partial charge in [0.1, 0.15) is 10.4 Å². The third kappa shape index (κ3) is 2.03. The van der Waals surface area contributed by atoms with E-state index in [4.69, 9.17) is 0 Å². The highest BCUT2D eigenvalue weighted by Gasteiger charge is 2.21. The summed E-state index contributed by atoms with van der Waals surface area (Å²) < 4.78 is 32.9. The van der Waals surface area contributed by atoms with Crippen molar-refractivity contribution >= 4 is 26.9 Å². The van der Waals surface area contributed by atoms with Gasteiger partial charge in [0.15, 0.2) is 11.3 Å². The molecule has 0 spiro atoms. The highest BCUT2D eigenvalue weighted by Crippen LogP contribution is 2.21. The first-order chi connectivity index (χ1) is 9.06. The van der Waals surface area contributed by atoms with Crippen LogP contribution in [0.3, 0.4) is 0 Å². The van der Waals surface area contributed by atoms with Crippen molar-refractivity contribution in [2.75, 3.05) is 4.72 Å². The number of aromatic nitrogens is 4. The van der Waals surface area contributed by atoms with Gasteiger partial charge in [0.05, 0.1) is 0 Å². The summed E-state index contributed by atoms with van der Waals surface area (Å²) in [5.41, 5.74) is 0.565. The fourth-order valence-corrected chi connectivity index (χ4v) is 2.81. The number of fused-ring (bicyclic) bond motifs is 1. The van der Waals surface area contributed by atoms with Crippen molar-refractivity contribution in [2.24, 2.45) is 7.05 Å². The van der Waals surface area contributed by atoms with Crippen LogP contribution in [0.4, 0.5) is 5.82 Å². The second-order valence-electron chi connectivity index (χ2n) is 3.87. The minimum Gasteiger partial charge on any atom is -0.274 e. The second kappa shape index (κ2) is 4.05. The van der Waals surface area contributed by atoms with Crippen molar-refractivity contribution in [2.45, 2.75) is 4.90 Å². The van der Waals surface area contributed by atoms with Gasteiger partial charge in [-0.25, -0.2) is 13.0 Å². The molecule has 8 nitrogen and oxygen atoms in total. The normalized spacial score (nSPS) is 11.8. The molecule has 0 aliphatic rings. The first-order valence-corrected chi connectivity index (χ1v) is 6.78. The van der Waals surface area contributed by atoms with Crippen LogP contribution in [0, 0.1) is 0 Å². The summed E-state index contributed by atoms with van der Waals surface area (Å²) >= 11 is 0. The highest BCUT2D eigenvalue weighted by molar-refractivity contribution is 7.93. The molecule has 98 valence electrons. The zero-order valence-electron chi connectivity index (χ0n) is 9.81. The molecule has 1 N–H and O–H groups in total. The SMILES string of the molecule is Cn1ccc(NS(=O)(=O)c2cccc3nonc23)n1. The van der Waals surface area contributed by atoms with E-state index in [0.29, 0.717) is 5.52 Å². The topological polar surface area (TPSA) is 103 Å². The fraction of sp³-hybridized carbons (Fsp3) is 0.100. The van der Waals surface area contributed by atoms with Gasteiger partial charge in [-0.3, -0.25) is 9.40 Å². The third-order valence-electron chi connectivity index (χ3n) is 2.49. The molecule has 0 radical (unpaired) electrons. The monoisotopic (exact) mass is 279 g/mol. The Morgan fingerprint density at radius 1 is 1.26 bits per heavy atom. The first-order valence-electron chi connectivity index (χ1n) is 5.30. The van der Waals surface area contributed by atoms with E-state index < -0.39 is 10.0 Å². The summed E-state index contributed by atoms with van der Waals surface area (Å²) in [6.07, 6.45) is 1.64. The lowest BCUT2D eigenvalue weighted by Crippen LogP contribution is -2.14. The number of benzene rings is 1. The molecule has 3 aromatic rings. The summed E-state index contributed by atoms with van der Waals surface area (Å²) in [5.74, 6) is 0.232. The number of rotatable bonds is 3. The van der Waals surface area contributed by atoms with Crippen molar-refractivity contribution in [3.63, 3.8) is 0 Å². The van der Waals surface area contributed by atoms with Crippen LogP contribution in [0.25, 0.3) is 11.0 Å². The van der Waals surface area contributed by atoms with E-state index >= 15 is 0 Å². The van der Waals surface area contributed by atoms with Crippen molar-refractivity contribution < 1.29 is 13.0 Å². The van der Waals surface area contributed by atoms with Gasteiger partial charge < -0.3 is 0 Å². The summed E-state index contributed by atoms with van der Waals surface area (Å²) in [5, 5.41) is 11.2. The van der Waals surface area contributed by atoms with Crippen LogP contribution in [0.15, 0.2) is 40.0 Å². The molecule has 2 heterocycles. The van der Waals surface area contributed by atoms with E-state index in [1.165, 1.54) is 10.7 Å². The molecular formula is C10H9N5O3S. The van der Waals surface area contributed by atoms with Crippen molar-refractivity contribution in [1.82, 2.24) is 20.1 Å². The number of nitrogens with one attached hydrogen (secondary N) is 1. The highest BCUT2D eigenvalue weighted by atomic mass is 32.2. The number of nitrogens with zero attached hydrogens (tertiary/aromatic N) is 4. The van der Waals surface area contributed by atoms with Crippen molar-refractivity contribution in [1.29, 1.82) is 0 Å². The van der Waals surface area contributed by atoms with Gasteiger partial charge >= 0.3 is 0 Å². The molecule has 2 aromatic heterocycles. The maximum Gasteiger partial charge on any atom is 0.265 e. The van der Waals surface area contributed by atoms with E-state index in [2.05, 4.69) is 24.8 Å². The fourth-order valence-electron chi connectivity index (χ4n) is 1.66. The van der Waals surface area contributed by atoms with E-state index in [1.54, 1.807) is 31.4 Å². The molecule has 0 bridgehead atoms. The maximum absolute atomic E-state index is 12.3. The average molecular weight is 279 g/mol. The first kappa shape index (κ1) is 11.7. The molecule has 9 heteroatoms. The van der Waals surface area contributed by atoms with E-state index in [0.717, 1.165) is 0 Å². The van der Waals surface area contributed by atoms with E-state index in [-0.39, 0.29) is 16.2 Å². The number of hydrogen-bond acceptors (Lipinski definition) is 6. The van der Waals surface area contributed by atoms with Gasteiger partial charge in [-0.1, -0.05) is 6.07 Å². The van der Waals surface area contributed by atoms with E-state index in [1.807, 2.05) is 0 Å². The molecule has 0 fully saturated rings. The molecule has 0 aliphatic carbocycles. The zero-order chi connectivity index (χ0) is 13.5. The van der Waals surface area contributed by atoms with Crippen LogP contribution in [-0.2, 0) is 17.1 Å². The Bertz CT molecular complexity index is 836. The lowest BCUT2D eigenvalue weighted by Gasteiger charge is -2.04. The Hall–Kier alpha value is -2.42. The van der Waals surface area contributed by atoms with Gasteiger partial charge in [-0.05, 0) is 22.4 Å². The largest absolute Gasteiger partial charge is 0.274 e. The Morgan fingerprint density at radius 2 is 2.11 bits per heavy atom. The predicted octanol–water partition coefficient (Wildman–Crippen LogP) is 0.757.